The minimum Gasteiger partial charge on any atom is -0.444 e. The Morgan fingerprint density at radius 1 is 1.13 bits per heavy atom. The van der Waals surface area contributed by atoms with Gasteiger partial charge in [-0.1, -0.05) is 11.6 Å². The second-order valence-electron chi connectivity index (χ2n) is 9.47. The highest BCUT2D eigenvalue weighted by molar-refractivity contribution is 6.30. The Balaban J connectivity index is 1.63. The molecule has 3 aliphatic heterocycles. The van der Waals surface area contributed by atoms with Gasteiger partial charge in [-0.2, -0.15) is 0 Å². The SMILES string of the molecule is CC(C)(C)OC(=O)N1CCOC[C@H]1c1cc(Cl)cc2c1CN(C(=O)[C@H]1CCOC1)CC2. The van der Waals surface area contributed by atoms with E-state index < -0.39 is 5.60 Å². The summed E-state index contributed by atoms with van der Waals surface area (Å²) in [6.45, 7) is 9.18. The average molecular weight is 451 g/mol. The van der Waals surface area contributed by atoms with Crippen molar-refractivity contribution in [3.05, 3.63) is 33.8 Å². The van der Waals surface area contributed by atoms with E-state index in [2.05, 4.69) is 0 Å². The minimum absolute atomic E-state index is 0.0615. The third-order valence-corrected chi connectivity index (χ3v) is 6.27. The molecule has 1 aromatic carbocycles. The first-order valence-electron chi connectivity index (χ1n) is 11.0. The number of ether oxygens (including phenoxy) is 3. The molecular weight excluding hydrogens is 420 g/mol. The summed E-state index contributed by atoms with van der Waals surface area (Å²) < 4.78 is 16.8. The van der Waals surface area contributed by atoms with Crippen molar-refractivity contribution < 1.29 is 23.8 Å². The number of carbonyl (C=O) groups excluding carboxylic acids is 2. The van der Waals surface area contributed by atoms with Gasteiger partial charge in [-0.15, -0.1) is 0 Å². The van der Waals surface area contributed by atoms with E-state index in [0.29, 0.717) is 51.1 Å². The smallest absolute Gasteiger partial charge is 0.410 e. The van der Waals surface area contributed by atoms with Crippen LogP contribution in [0.4, 0.5) is 4.79 Å². The summed E-state index contributed by atoms with van der Waals surface area (Å²) in [6, 6.07) is 3.58. The quantitative estimate of drug-likeness (QED) is 0.689. The number of halogens is 1. The molecule has 0 radical (unpaired) electrons. The second kappa shape index (κ2) is 8.96. The van der Waals surface area contributed by atoms with Crippen LogP contribution in [0.15, 0.2) is 12.1 Å². The van der Waals surface area contributed by atoms with E-state index in [0.717, 1.165) is 29.5 Å². The van der Waals surface area contributed by atoms with Crippen molar-refractivity contribution >= 4 is 23.6 Å². The maximum atomic E-state index is 13.0. The first kappa shape index (κ1) is 22.4. The number of morpholine rings is 1. The molecule has 0 aromatic heterocycles. The van der Waals surface area contributed by atoms with Gasteiger partial charge in [0.2, 0.25) is 5.91 Å². The number of amides is 2. The summed E-state index contributed by atoms with van der Waals surface area (Å²) >= 11 is 6.46. The summed E-state index contributed by atoms with van der Waals surface area (Å²) in [4.78, 5) is 29.6. The largest absolute Gasteiger partial charge is 0.444 e. The molecule has 0 saturated carbocycles. The molecule has 2 amide bonds. The Morgan fingerprint density at radius 2 is 1.90 bits per heavy atom. The van der Waals surface area contributed by atoms with Crippen molar-refractivity contribution in [2.24, 2.45) is 5.92 Å². The lowest BCUT2D eigenvalue weighted by atomic mass is 9.90. The zero-order valence-corrected chi connectivity index (χ0v) is 19.2. The van der Waals surface area contributed by atoms with Crippen molar-refractivity contribution in [2.45, 2.75) is 51.8 Å². The van der Waals surface area contributed by atoms with Gasteiger partial charge in [0, 0.05) is 31.3 Å². The minimum atomic E-state index is -0.583. The maximum Gasteiger partial charge on any atom is 0.410 e. The number of benzene rings is 1. The van der Waals surface area contributed by atoms with E-state index in [4.69, 9.17) is 25.8 Å². The topological polar surface area (TPSA) is 68.3 Å². The van der Waals surface area contributed by atoms with Crippen LogP contribution < -0.4 is 0 Å². The summed E-state index contributed by atoms with van der Waals surface area (Å²) in [5, 5.41) is 0.632. The standard InChI is InChI=1S/C23H31ClN2O5/c1-23(2,3)31-22(28)26-7-9-30-14-20(26)18-11-17(24)10-15-4-6-25(12-19(15)18)21(27)16-5-8-29-13-16/h10-11,16,20H,4-9,12-14H2,1-3H3/t16-,20-/m0/s1. The summed E-state index contributed by atoms with van der Waals surface area (Å²) in [7, 11) is 0. The maximum absolute atomic E-state index is 13.0. The Kier molecular flexibility index (Phi) is 6.47. The molecule has 4 rings (SSSR count). The van der Waals surface area contributed by atoms with Crippen LogP contribution in [0.1, 0.15) is 49.9 Å². The first-order valence-corrected chi connectivity index (χ1v) is 11.4. The number of carbonyl (C=O) groups is 2. The molecule has 2 atom stereocenters. The van der Waals surface area contributed by atoms with E-state index >= 15 is 0 Å². The third kappa shape index (κ3) is 4.99. The van der Waals surface area contributed by atoms with E-state index in [1.165, 1.54) is 0 Å². The van der Waals surface area contributed by atoms with Gasteiger partial charge in [-0.3, -0.25) is 9.69 Å². The molecule has 8 heteroatoms. The molecule has 0 bridgehead atoms. The summed E-state index contributed by atoms with van der Waals surface area (Å²) in [5.74, 6) is 0.0847. The molecule has 0 N–H and O–H groups in total. The molecule has 2 fully saturated rings. The Labute approximate surface area is 188 Å². The molecule has 0 spiro atoms. The fraction of sp³-hybridized carbons (Fsp3) is 0.652. The number of hydrogen-bond donors (Lipinski definition) is 0. The van der Waals surface area contributed by atoms with Gasteiger partial charge in [-0.05, 0) is 62.4 Å². The molecule has 170 valence electrons. The van der Waals surface area contributed by atoms with E-state index in [9.17, 15) is 9.59 Å². The fourth-order valence-electron chi connectivity index (χ4n) is 4.53. The Bertz CT molecular complexity index is 847. The number of hydrogen-bond acceptors (Lipinski definition) is 5. The predicted octanol–water partition coefficient (Wildman–Crippen LogP) is 3.57. The van der Waals surface area contributed by atoms with Crippen LogP contribution in [0.3, 0.4) is 0 Å². The molecule has 7 nitrogen and oxygen atoms in total. The Morgan fingerprint density at radius 3 is 2.61 bits per heavy atom. The van der Waals surface area contributed by atoms with Gasteiger partial charge in [-0.25, -0.2) is 4.79 Å². The van der Waals surface area contributed by atoms with Crippen molar-refractivity contribution in [3.63, 3.8) is 0 Å². The molecule has 31 heavy (non-hydrogen) atoms. The molecule has 1 aromatic rings. The highest BCUT2D eigenvalue weighted by Gasteiger charge is 2.36. The van der Waals surface area contributed by atoms with E-state index in [1.54, 1.807) is 4.90 Å². The van der Waals surface area contributed by atoms with Crippen LogP contribution in [0, 0.1) is 5.92 Å². The average Bonchev–Trinajstić information content (AvgIpc) is 3.26. The highest BCUT2D eigenvalue weighted by atomic mass is 35.5. The van der Waals surface area contributed by atoms with Crippen LogP contribution >= 0.6 is 11.6 Å². The zero-order valence-electron chi connectivity index (χ0n) is 18.5. The van der Waals surface area contributed by atoms with Gasteiger partial charge in [0.25, 0.3) is 0 Å². The van der Waals surface area contributed by atoms with Crippen LogP contribution in [-0.4, -0.2) is 66.9 Å². The van der Waals surface area contributed by atoms with E-state index in [1.807, 2.05) is 37.8 Å². The van der Waals surface area contributed by atoms with Gasteiger partial charge in [0.15, 0.2) is 0 Å². The lowest BCUT2D eigenvalue weighted by Gasteiger charge is -2.39. The fourth-order valence-corrected chi connectivity index (χ4v) is 4.78. The molecule has 2 saturated heterocycles. The summed E-state index contributed by atoms with van der Waals surface area (Å²) in [5.41, 5.74) is 2.55. The van der Waals surface area contributed by atoms with Crippen LogP contribution in [0.25, 0.3) is 0 Å². The van der Waals surface area contributed by atoms with Gasteiger partial charge in [0.1, 0.15) is 5.60 Å². The van der Waals surface area contributed by atoms with Gasteiger partial charge >= 0.3 is 6.09 Å². The lowest BCUT2D eigenvalue weighted by molar-refractivity contribution is -0.136. The second-order valence-corrected chi connectivity index (χ2v) is 9.90. The number of fused-ring (bicyclic) bond motifs is 1. The van der Waals surface area contributed by atoms with Crippen molar-refractivity contribution in [1.82, 2.24) is 9.80 Å². The van der Waals surface area contributed by atoms with Gasteiger partial charge in [0.05, 0.1) is 31.8 Å². The number of nitrogens with zero attached hydrogens (tertiary/aromatic N) is 2. The van der Waals surface area contributed by atoms with Crippen LogP contribution in [-0.2, 0) is 32.0 Å². The Hall–Kier alpha value is -1.83. The monoisotopic (exact) mass is 450 g/mol. The molecule has 0 aliphatic carbocycles. The third-order valence-electron chi connectivity index (χ3n) is 6.05. The van der Waals surface area contributed by atoms with Crippen molar-refractivity contribution in [3.8, 4) is 0 Å². The molecule has 3 heterocycles. The van der Waals surface area contributed by atoms with E-state index in [-0.39, 0.29) is 24.0 Å². The first-order chi connectivity index (χ1) is 14.7. The normalized spacial score (nSPS) is 24.1. The van der Waals surface area contributed by atoms with Crippen LogP contribution in [0.5, 0.6) is 0 Å². The molecule has 3 aliphatic rings. The lowest BCUT2D eigenvalue weighted by Crippen LogP contribution is -2.46. The van der Waals surface area contributed by atoms with Crippen molar-refractivity contribution in [2.75, 3.05) is 39.5 Å². The number of rotatable bonds is 2. The van der Waals surface area contributed by atoms with Gasteiger partial charge < -0.3 is 19.1 Å². The van der Waals surface area contributed by atoms with Crippen LogP contribution in [0.2, 0.25) is 5.02 Å². The summed E-state index contributed by atoms with van der Waals surface area (Å²) in [6.07, 6.45) is 1.15. The molecular formula is C23H31ClN2O5. The van der Waals surface area contributed by atoms with Crippen molar-refractivity contribution in [1.29, 1.82) is 0 Å². The predicted molar refractivity (Wildman–Crippen MR) is 116 cm³/mol. The highest BCUT2D eigenvalue weighted by Crippen LogP contribution is 2.35. The molecule has 0 unspecified atom stereocenters. The zero-order chi connectivity index (χ0) is 22.2.